The van der Waals surface area contributed by atoms with Gasteiger partial charge < -0.3 is 4.74 Å². The number of hydrogen-bond acceptors (Lipinski definition) is 3. The molecule has 5 heteroatoms. The molecule has 1 aromatic rings. The Kier molecular flexibility index (Phi) is 4.61. The molecule has 0 amide bonds. The highest BCUT2D eigenvalue weighted by Gasteiger charge is 2.11. The average molecular weight is 216 g/mol. The molecule has 1 rings (SSSR count). The third kappa shape index (κ3) is 3.54. The molecule has 0 aliphatic carbocycles. The maximum absolute atomic E-state index is 13.2. The van der Waals surface area contributed by atoms with Crippen molar-refractivity contribution in [3.05, 3.63) is 35.4 Å². The average Bonchev–Trinajstić information content (AvgIpc) is 2.22. The van der Waals surface area contributed by atoms with Gasteiger partial charge >= 0.3 is 0 Å². The molecule has 0 aliphatic heterocycles. The van der Waals surface area contributed by atoms with Crippen LogP contribution in [0.5, 0.6) is 0 Å². The zero-order valence-corrected chi connectivity index (χ0v) is 8.47. The highest BCUT2D eigenvalue weighted by Crippen LogP contribution is 2.11. The fourth-order valence-corrected chi connectivity index (χ4v) is 1.33. The second-order valence-electron chi connectivity index (χ2n) is 3.26. The summed E-state index contributed by atoms with van der Waals surface area (Å²) in [5, 5.41) is 0. The van der Waals surface area contributed by atoms with Crippen molar-refractivity contribution >= 4 is 0 Å². The van der Waals surface area contributed by atoms with Gasteiger partial charge in [-0.15, -0.1) is 0 Å². The van der Waals surface area contributed by atoms with Gasteiger partial charge in [0.25, 0.3) is 0 Å². The molecule has 0 heterocycles. The minimum Gasteiger partial charge on any atom is -0.383 e. The Morgan fingerprint density at radius 1 is 1.47 bits per heavy atom. The lowest BCUT2D eigenvalue weighted by molar-refractivity contribution is 0.166. The van der Waals surface area contributed by atoms with Crippen LogP contribution in [0.4, 0.5) is 8.78 Å². The zero-order chi connectivity index (χ0) is 11.3. The molecular weight excluding hydrogens is 202 g/mol. The van der Waals surface area contributed by atoms with Crippen molar-refractivity contribution < 1.29 is 13.5 Å². The van der Waals surface area contributed by atoms with Crippen molar-refractivity contribution in [2.24, 2.45) is 5.84 Å². The van der Waals surface area contributed by atoms with E-state index < -0.39 is 11.6 Å². The van der Waals surface area contributed by atoms with Crippen LogP contribution >= 0.6 is 0 Å². The first kappa shape index (κ1) is 12.0. The number of halogens is 2. The largest absolute Gasteiger partial charge is 0.383 e. The Morgan fingerprint density at radius 2 is 2.20 bits per heavy atom. The molecule has 15 heavy (non-hydrogen) atoms. The summed E-state index contributed by atoms with van der Waals surface area (Å²) >= 11 is 0. The monoisotopic (exact) mass is 216 g/mol. The van der Waals surface area contributed by atoms with E-state index >= 15 is 0 Å². The van der Waals surface area contributed by atoms with Gasteiger partial charge in [-0.3, -0.25) is 11.3 Å². The Morgan fingerprint density at radius 3 is 2.80 bits per heavy atom. The van der Waals surface area contributed by atoms with Crippen LogP contribution in [0, 0.1) is 11.6 Å². The summed E-state index contributed by atoms with van der Waals surface area (Å²) in [7, 11) is 1.52. The molecule has 0 aliphatic rings. The number of nitrogens with two attached hydrogens (primary N) is 1. The van der Waals surface area contributed by atoms with Gasteiger partial charge in [-0.2, -0.15) is 0 Å². The van der Waals surface area contributed by atoms with Crippen molar-refractivity contribution in [3.63, 3.8) is 0 Å². The van der Waals surface area contributed by atoms with Gasteiger partial charge in [0.2, 0.25) is 0 Å². The lowest BCUT2D eigenvalue weighted by atomic mass is 10.1. The summed E-state index contributed by atoms with van der Waals surface area (Å²) in [6, 6.07) is 3.12. The van der Waals surface area contributed by atoms with E-state index in [4.69, 9.17) is 10.6 Å². The summed E-state index contributed by atoms with van der Waals surface area (Å²) in [6.45, 7) is 0.340. The van der Waals surface area contributed by atoms with Crippen LogP contribution in [0.25, 0.3) is 0 Å². The molecule has 84 valence electrons. The zero-order valence-electron chi connectivity index (χ0n) is 8.47. The van der Waals surface area contributed by atoms with Crippen LogP contribution in [0.15, 0.2) is 18.2 Å². The highest BCUT2D eigenvalue weighted by molar-refractivity contribution is 5.19. The Hall–Kier alpha value is -1.04. The second kappa shape index (κ2) is 5.75. The van der Waals surface area contributed by atoms with Gasteiger partial charge in [0.05, 0.1) is 6.61 Å². The molecule has 1 unspecified atom stereocenters. The summed E-state index contributed by atoms with van der Waals surface area (Å²) in [6.07, 6.45) is 0.286. The van der Waals surface area contributed by atoms with Gasteiger partial charge in [0.15, 0.2) is 0 Å². The molecule has 0 aromatic heterocycles. The van der Waals surface area contributed by atoms with Crippen LogP contribution in [-0.4, -0.2) is 19.8 Å². The van der Waals surface area contributed by atoms with Crippen LogP contribution in [0.2, 0.25) is 0 Å². The van der Waals surface area contributed by atoms with Crippen LogP contribution in [0.1, 0.15) is 5.56 Å². The SMILES string of the molecule is COCC(Cc1cc(F)ccc1F)NN. The molecule has 3 N–H and O–H groups in total. The minimum atomic E-state index is -0.459. The first-order valence-corrected chi connectivity index (χ1v) is 4.56. The molecule has 0 bridgehead atoms. The number of ether oxygens (including phenoxy) is 1. The lowest BCUT2D eigenvalue weighted by Crippen LogP contribution is -2.40. The predicted molar refractivity (Wildman–Crippen MR) is 53.0 cm³/mol. The van der Waals surface area contributed by atoms with Crippen molar-refractivity contribution in [3.8, 4) is 0 Å². The maximum atomic E-state index is 13.2. The third-order valence-electron chi connectivity index (χ3n) is 2.08. The number of benzene rings is 1. The van der Waals surface area contributed by atoms with E-state index in [1.54, 1.807) is 0 Å². The first-order valence-electron chi connectivity index (χ1n) is 4.56. The van der Waals surface area contributed by atoms with E-state index in [9.17, 15) is 8.78 Å². The van der Waals surface area contributed by atoms with E-state index in [2.05, 4.69) is 5.43 Å². The van der Waals surface area contributed by atoms with Crippen molar-refractivity contribution in [1.29, 1.82) is 0 Å². The van der Waals surface area contributed by atoms with Gasteiger partial charge in [0.1, 0.15) is 11.6 Å². The summed E-state index contributed by atoms with van der Waals surface area (Å²) in [5.41, 5.74) is 2.77. The van der Waals surface area contributed by atoms with E-state index in [-0.39, 0.29) is 18.0 Å². The number of hydrazine groups is 1. The van der Waals surface area contributed by atoms with Crippen LogP contribution in [0.3, 0.4) is 0 Å². The summed E-state index contributed by atoms with van der Waals surface area (Å²) < 4.78 is 30.9. The van der Waals surface area contributed by atoms with Gasteiger partial charge in [0, 0.05) is 13.2 Å². The summed E-state index contributed by atoms with van der Waals surface area (Å²) in [5.74, 6) is 4.35. The Bertz CT molecular complexity index is 320. The first-order chi connectivity index (χ1) is 7.17. The molecule has 3 nitrogen and oxygen atoms in total. The number of rotatable bonds is 5. The lowest BCUT2D eigenvalue weighted by Gasteiger charge is -2.15. The quantitative estimate of drug-likeness (QED) is 0.570. The van der Waals surface area contributed by atoms with Crippen molar-refractivity contribution in [2.75, 3.05) is 13.7 Å². The van der Waals surface area contributed by atoms with E-state index in [1.165, 1.54) is 7.11 Å². The number of methoxy groups -OCH3 is 1. The van der Waals surface area contributed by atoms with Gasteiger partial charge in [-0.1, -0.05) is 0 Å². The molecule has 0 spiro atoms. The topological polar surface area (TPSA) is 47.3 Å². The molecule has 0 saturated carbocycles. The predicted octanol–water partition coefficient (Wildman–Crippen LogP) is 0.986. The van der Waals surface area contributed by atoms with Gasteiger partial charge in [-0.05, 0) is 30.2 Å². The molecule has 1 atom stereocenters. The molecule has 0 saturated heterocycles. The van der Waals surface area contributed by atoms with Crippen LogP contribution in [-0.2, 0) is 11.2 Å². The Balaban J connectivity index is 2.73. The van der Waals surface area contributed by atoms with Gasteiger partial charge in [-0.25, -0.2) is 8.78 Å². The van der Waals surface area contributed by atoms with E-state index in [0.29, 0.717) is 6.61 Å². The number of hydrogen-bond donors (Lipinski definition) is 2. The standard InChI is InChI=1S/C10H14F2N2O/c1-15-6-9(14-13)5-7-4-8(11)2-3-10(7)12/h2-4,9,14H,5-6,13H2,1H3. The number of nitrogens with one attached hydrogen (secondary N) is 1. The summed E-state index contributed by atoms with van der Waals surface area (Å²) in [4.78, 5) is 0. The fourth-order valence-electron chi connectivity index (χ4n) is 1.33. The Labute approximate surface area is 87.2 Å². The fraction of sp³-hybridized carbons (Fsp3) is 0.400. The maximum Gasteiger partial charge on any atom is 0.126 e. The van der Waals surface area contributed by atoms with E-state index in [0.717, 1.165) is 18.2 Å². The molecule has 1 aromatic carbocycles. The normalized spacial score (nSPS) is 12.8. The highest BCUT2D eigenvalue weighted by atomic mass is 19.1. The molecular formula is C10H14F2N2O. The molecule has 0 radical (unpaired) electrons. The smallest absolute Gasteiger partial charge is 0.126 e. The van der Waals surface area contributed by atoms with Crippen molar-refractivity contribution in [2.45, 2.75) is 12.5 Å². The van der Waals surface area contributed by atoms with E-state index in [1.807, 2.05) is 0 Å². The van der Waals surface area contributed by atoms with Crippen molar-refractivity contribution in [1.82, 2.24) is 5.43 Å². The third-order valence-corrected chi connectivity index (χ3v) is 2.08. The second-order valence-corrected chi connectivity index (χ2v) is 3.26. The minimum absolute atomic E-state index is 0.230. The van der Waals surface area contributed by atoms with Crippen LogP contribution < -0.4 is 11.3 Å². The molecule has 0 fully saturated rings.